The fourth-order valence-corrected chi connectivity index (χ4v) is 6.25. The van der Waals surface area contributed by atoms with E-state index in [1.165, 1.54) is 27.3 Å². The van der Waals surface area contributed by atoms with Gasteiger partial charge in [-0.15, -0.1) is 11.3 Å². The summed E-state index contributed by atoms with van der Waals surface area (Å²) in [5.41, 5.74) is 2.11. The van der Waals surface area contributed by atoms with E-state index in [0.717, 1.165) is 31.4 Å². The lowest BCUT2D eigenvalue weighted by molar-refractivity contribution is 0.0989. The Labute approximate surface area is 151 Å². The molecule has 7 heteroatoms. The van der Waals surface area contributed by atoms with Gasteiger partial charge in [-0.3, -0.25) is 4.79 Å². The highest BCUT2D eigenvalue weighted by Crippen LogP contribution is 2.31. The zero-order chi connectivity index (χ0) is 17.4. The van der Waals surface area contributed by atoms with E-state index in [9.17, 15) is 13.2 Å². The van der Waals surface area contributed by atoms with Crippen LogP contribution < -0.4 is 4.90 Å². The molecule has 132 valence electrons. The van der Waals surface area contributed by atoms with Gasteiger partial charge in [0.1, 0.15) is 0 Å². The molecule has 1 fully saturated rings. The lowest BCUT2D eigenvalue weighted by atomic mass is 10.0. The number of sulfonamides is 1. The van der Waals surface area contributed by atoms with Crippen molar-refractivity contribution in [3.05, 3.63) is 46.2 Å². The second-order valence-corrected chi connectivity index (χ2v) is 9.30. The molecular weight excluding hydrogens is 356 g/mol. The van der Waals surface area contributed by atoms with E-state index in [4.69, 9.17) is 0 Å². The zero-order valence-electron chi connectivity index (χ0n) is 13.8. The number of hydrogen-bond donors (Lipinski definition) is 0. The van der Waals surface area contributed by atoms with Crippen LogP contribution in [0.5, 0.6) is 0 Å². The van der Waals surface area contributed by atoms with Gasteiger partial charge < -0.3 is 4.90 Å². The lowest BCUT2D eigenvalue weighted by Gasteiger charge is -2.29. The molecule has 1 aromatic heterocycles. The number of fused-ring (bicyclic) bond motifs is 1. The summed E-state index contributed by atoms with van der Waals surface area (Å²) < 4.78 is 26.8. The molecule has 3 heterocycles. The normalized spacial score (nSPS) is 18.3. The van der Waals surface area contributed by atoms with Crippen molar-refractivity contribution in [3.8, 4) is 0 Å². The van der Waals surface area contributed by atoms with Crippen LogP contribution in [-0.4, -0.2) is 38.3 Å². The first-order valence-electron chi connectivity index (χ1n) is 8.56. The zero-order valence-corrected chi connectivity index (χ0v) is 15.5. The Morgan fingerprint density at radius 2 is 1.80 bits per heavy atom. The van der Waals surface area contributed by atoms with Crippen LogP contribution in [0.2, 0.25) is 0 Å². The molecule has 0 unspecified atom stereocenters. The molecule has 0 N–H and O–H groups in total. The van der Waals surface area contributed by atoms with Crippen LogP contribution >= 0.6 is 11.3 Å². The highest BCUT2D eigenvalue weighted by atomic mass is 32.2. The molecule has 1 saturated heterocycles. The number of aryl methyl sites for hydroxylation is 1. The Bertz CT molecular complexity index is 899. The Hall–Kier alpha value is -1.70. The number of thiophene rings is 1. The lowest BCUT2D eigenvalue weighted by Crippen LogP contribution is -2.35. The minimum atomic E-state index is -3.47. The first-order valence-corrected chi connectivity index (χ1v) is 10.9. The van der Waals surface area contributed by atoms with Gasteiger partial charge in [-0.2, -0.15) is 4.31 Å². The quantitative estimate of drug-likeness (QED) is 0.827. The summed E-state index contributed by atoms with van der Waals surface area (Å²) in [7, 11) is -3.47. The van der Waals surface area contributed by atoms with Crippen molar-refractivity contribution in [2.75, 3.05) is 24.5 Å². The predicted molar refractivity (Wildman–Crippen MR) is 98.8 cm³/mol. The van der Waals surface area contributed by atoms with Crippen LogP contribution in [0, 0.1) is 0 Å². The Morgan fingerprint density at radius 3 is 2.60 bits per heavy atom. The summed E-state index contributed by atoms with van der Waals surface area (Å²) in [6, 6.07) is 9.47. The summed E-state index contributed by atoms with van der Waals surface area (Å²) >= 11 is 1.21. The van der Waals surface area contributed by atoms with Gasteiger partial charge in [-0.25, -0.2) is 8.42 Å². The molecule has 0 radical (unpaired) electrons. The number of carbonyl (C=O) groups excluding carboxylic acids is 1. The van der Waals surface area contributed by atoms with E-state index in [1.807, 2.05) is 24.3 Å². The van der Waals surface area contributed by atoms with Gasteiger partial charge in [0.25, 0.3) is 5.91 Å². The summed E-state index contributed by atoms with van der Waals surface area (Å²) in [5, 5.41) is 1.59. The molecule has 0 bridgehead atoms. The summed E-state index contributed by atoms with van der Waals surface area (Å²) in [6.07, 6.45) is 3.70. The first-order chi connectivity index (χ1) is 12.1. The van der Waals surface area contributed by atoms with Gasteiger partial charge >= 0.3 is 0 Å². The molecule has 0 aliphatic carbocycles. The van der Waals surface area contributed by atoms with Gasteiger partial charge in [0.2, 0.25) is 10.0 Å². The Morgan fingerprint density at radius 1 is 1.04 bits per heavy atom. The van der Waals surface area contributed by atoms with Crippen molar-refractivity contribution in [2.24, 2.45) is 0 Å². The van der Waals surface area contributed by atoms with Crippen LogP contribution in [0.4, 0.5) is 5.69 Å². The third-order valence-corrected chi connectivity index (χ3v) is 7.79. The molecule has 2 aliphatic rings. The molecule has 5 nitrogen and oxygen atoms in total. The minimum Gasteiger partial charge on any atom is -0.307 e. The van der Waals surface area contributed by atoms with Crippen molar-refractivity contribution in [3.63, 3.8) is 0 Å². The summed E-state index contributed by atoms with van der Waals surface area (Å²) in [4.78, 5) is 15.5. The van der Waals surface area contributed by atoms with Crippen molar-refractivity contribution < 1.29 is 13.2 Å². The Kier molecular flexibility index (Phi) is 4.39. The summed E-state index contributed by atoms with van der Waals surface area (Å²) in [5.74, 6) is -0.111. The average molecular weight is 377 g/mol. The first kappa shape index (κ1) is 16.8. The van der Waals surface area contributed by atoms with Gasteiger partial charge in [0.05, 0.1) is 9.77 Å². The molecule has 2 aromatic rings. The molecule has 25 heavy (non-hydrogen) atoms. The number of carbonyl (C=O) groups is 1. The van der Waals surface area contributed by atoms with Crippen molar-refractivity contribution in [1.82, 2.24) is 4.31 Å². The average Bonchev–Trinajstić information content (AvgIpc) is 3.32. The largest absolute Gasteiger partial charge is 0.307 e. The molecule has 0 atom stereocenters. The molecule has 0 saturated carbocycles. The predicted octanol–water partition coefficient (Wildman–Crippen LogP) is 3.13. The van der Waals surface area contributed by atoms with Gasteiger partial charge in [0, 0.05) is 30.7 Å². The second kappa shape index (κ2) is 6.55. The number of para-hydroxylation sites is 1. The number of amides is 1. The highest BCUT2D eigenvalue weighted by Gasteiger charge is 2.30. The molecule has 4 rings (SSSR count). The maximum atomic E-state index is 13.0. The third-order valence-electron chi connectivity index (χ3n) is 4.84. The number of nitrogens with zero attached hydrogens (tertiary/aromatic N) is 2. The van der Waals surface area contributed by atoms with E-state index in [-0.39, 0.29) is 10.8 Å². The van der Waals surface area contributed by atoms with E-state index in [1.54, 1.807) is 10.3 Å². The van der Waals surface area contributed by atoms with Crippen LogP contribution in [0.1, 0.15) is 34.5 Å². The minimum absolute atomic E-state index is 0.111. The van der Waals surface area contributed by atoms with Crippen LogP contribution in [0.3, 0.4) is 0 Å². The smallest absolute Gasteiger partial charge is 0.268 e. The number of benzene rings is 1. The van der Waals surface area contributed by atoms with E-state index >= 15 is 0 Å². The third kappa shape index (κ3) is 3.01. The number of hydrogen-bond acceptors (Lipinski definition) is 4. The van der Waals surface area contributed by atoms with E-state index in [2.05, 4.69) is 0 Å². The standard InChI is InChI=1S/C18H20N2O3S2/c21-18(20-11-5-7-14-6-1-2-8-16(14)20)17-12-15(13-24-17)25(22,23)19-9-3-4-10-19/h1-2,6,8,12-13H,3-5,7,9-11H2. The fourth-order valence-electron chi connectivity index (χ4n) is 3.52. The maximum absolute atomic E-state index is 13.0. The van der Waals surface area contributed by atoms with Crippen LogP contribution in [0.25, 0.3) is 0 Å². The number of anilines is 1. The highest BCUT2D eigenvalue weighted by molar-refractivity contribution is 7.89. The molecule has 1 aromatic carbocycles. The SMILES string of the molecule is O=C(c1cc(S(=O)(=O)N2CCCC2)cs1)N1CCCc2ccccc21. The van der Waals surface area contributed by atoms with Crippen molar-refractivity contribution in [2.45, 2.75) is 30.6 Å². The van der Waals surface area contributed by atoms with Crippen LogP contribution in [-0.2, 0) is 16.4 Å². The van der Waals surface area contributed by atoms with E-state index < -0.39 is 10.0 Å². The van der Waals surface area contributed by atoms with Gasteiger partial charge in [0.15, 0.2) is 0 Å². The molecule has 2 aliphatic heterocycles. The van der Waals surface area contributed by atoms with Crippen molar-refractivity contribution in [1.29, 1.82) is 0 Å². The second-order valence-electron chi connectivity index (χ2n) is 6.45. The number of rotatable bonds is 3. The molecule has 1 amide bonds. The van der Waals surface area contributed by atoms with Gasteiger partial charge in [-0.05, 0) is 43.4 Å². The maximum Gasteiger partial charge on any atom is 0.268 e. The van der Waals surface area contributed by atoms with Crippen molar-refractivity contribution >= 4 is 33.0 Å². The Balaban J connectivity index is 1.62. The topological polar surface area (TPSA) is 57.7 Å². The molecule has 0 spiro atoms. The fraction of sp³-hybridized carbons (Fsp3) is 0.389. The van der Waals surface area contributed by atoms with Crippen LogP contribution in [0.15, 0.2) is 40.6 Å². The van der Waals surface area contributed by atoms with E-state index in [0.29, 0.717) is 24.5 Å². The summed E-state index contributed by atoms with van der Waals surface area (Å²) in [6.45, 7) is 1.81. The van der Waals surface area contributed by atoms with Gasteiger partial charge in [-0.1, -0.05) is 18.2 Å². The molecular formula is C18H20N2O3S2. The monoisotopic (exact) mass is 376 g/mol.